The maximum atomic E-state index is 12.5. The molecule has 0 bridgehead atoms. The molecule has 154 valence electrons. The number of benzene rings is 2. The van der Waals surface area contributed by atoms with E-state index in [1.807, 2.05) is 26.0 Å². The van der Waals surface area contributed by atoms with Gasteiger partial charge in [0.1, 0.15) is 5.75 Å². The van der Waals surface area contributed by atoms with Gasteiger partial charge in [-0.1, -0.05) is 19.9 Å². The van der Waals surface area contributed by atoms with Crippen molar-refractivity contribution in [3.8, 4) is 5.75 Å². The van der Waals surface area contributed by atoms with Gasteiger partial charge < -0.3 is 20.5 Å². The van der Waals surface area contributed by atoms with Gasteiger partial charge in [0.25, 0.3) is 5.91 Å². The number of hydrogen-bond acceptors (Lipinski definition) is 5. The average Bonchev–Trinajstić information content (AvgIpc) is 2.65. The van der Waals surface area contributed by atoms with Crippen LogP contribution in [0.25, 0.3) is 0 Å². The number of anilines is 2. The van der Waals surface area contributed by atoms with Crippen molar-refractivity contribution in [1.82, 2.24) is 5.32 Å². The molecule has 1 aliphatic heterocycles. The molecule has 1 aliphatic rings. The lowest BCUT2D eigenvalue weighted by Gasteiger charge is -2.43. The molecule has 0 aliphatic carbocycles. The molecule has 0 fully saturated rings. The summed E-state index contributed by atoms with van der Waals surface area (Å²) in [5, 5.41) is 6.11. The Morgan fingerprint density at radius 1 is 1.14 bits per heavy atom. The number of nitrogens with two attached hydrogens (primary N) is 1. The van der Waals surface area contributed by atoms with Crippen molar-refractivity contribution in [3.63, 3.8) is 0 Å². The van der Waals surface area contributed by atoms with Crippen molar-refractivity contribution in [2.75, 3.05) is 24.8 Å². The molecular formula is C22H27N3O3S. The van der Waals surface area contributed by atoms with Crippen LogP contribution in [0.5, 0.6) is 5.75 Å². The largest absolute Gasteiger partial charge is 0.495 e. The summed E-state index contributed by atoms with van der Waals surface area (Å²) >= 11 is 5.43. The third-order valence-electron chi connectivity index (χ3n) is 5.14. The van der Waals surface area contributed by atoms with Crippen LogP contribution < -0.4 is 21.1 Å². The molecule has 0 spiro atoms. The quantitative estimate of drug-likeness (QED) is 0.522. The van der Waals surface area contributed by atoms with Gasteiger partial charge >= 0.3 is 0 Å². The average molecular weight is 414 g/mol. The van der Waals surface area contributed by atoms with E-state index in [1.54, 1.807) is 31.4 Å². The summed E-state index contributed by atoms with van der Waals surface area (Å²) < 4.78 is 11.7. The van der Waals surface area contributed by atoms with Crippen LogP contribution in [-0.4, -0.2) is 24.7 Å². The second-order valence-corrected chi connectivity index (χ2v) is 8.69. The molecule has 2 aromatic carbocycles. The van der Waals surface area contributed by atoms with Crippen LogP contribution in [0.2, 0.25) is 0 Å². The van der Waals surface area contributed by atoms with E-state index >= 15 is 0 Å². The van der Waals surface area contributed by atoms with Crippen LogP contribution in [0.4, 0.5) is 11.4 Å². The first-order chi connectivity index (χ1) is 13.5. The number of methoxy groups -OCH3 is 1. The van der Waals surface area contributed by atoms with Crippen LogP contribution in [0.15, 0.2) is 36.4 Å². The molecule has 0 aromatic heterocycles. The van der Waals surface area contributed by atoms with Gasteiger partial charge in [-0.25, -0.2) is 0 Å². The Balaban J connectivity index is 1.93. The molecule has 4 N–H and O–H groups in total. The molecule has 1 heterocycles. The molecule has 1 amide bonds. The highest BCUT2D eigenvalue weighted by Crippen LogP contribution is 2.47. The fourth-order valence-electron chi connectivity index (χ4n) is 3.55. The third kappa shape index (κ3) is 4.21. The molecule has 29 heavy (non-hydrogen) atoms. The monoisotopic (exact) mass is 413 g/mol. The number of thiocarbonyl (C=S) groups is 1. The van der Waals surface area contributed by atoms with Gasteiger partial charge in [-0.3, -0.25) is 10.1 Å². The van der Waals surface area contributed by atoms with E-state index < -0.39 is 5.60 Å². The van der Waals surface area contributed by atoms with E-state index in [9.17, 15) is 4.79 Å². The number of ether oxygens (including phenoxy) is 2. The number of rotatable bonds is 3. The summed E-state index contributed by atoms with van der Waals surface area (Å²) in [4.78, 5) is 12.5. The van der Waals surface area contributed by atoms with E-state index in [0.29, 0.717) is 23.6 Å². The minimum atomic E-state index is -0.442. The smallest absolute Gasteiger partial charge is 0.257 e. The Kier molecular flexibility index (Phi) is 5.56. The van der Waals surface area contributed by atoms with E-state index in [2.05, 4.69) is 24.5 Å². The van der Waals surface area contributed by atoms with Gasteiger partial charge in [0.15, 0.2) is 5.11 Å². The lowest BCUT2D eigenvalue weighted by molar-refractivity contribution is -0.0585. The number of nitrogens with one attached hydrogen (secondary N) is 2. The highest BCUT2D eigenvalue weighted by atomic mass is 32.1. The standard InChI is InChI=1S/C22H27N3O3S/c1-21(2)12-28-22(3,4)15-10-11-16(27-5)18(17(15)21)24-20(29)25-19(26)13-6-8-14(23)9-7-13/h6-11H,12,23H2,1-5H3,(H2,24,25,26,29). The van der Waals surface area contributed by atoms with Crippen LogP contribution in [0, 0.1) is 0 Å². The zero-order chi connectivity index (χ0) is 21.4. The van der Waals surface area contributed by atoms with Crippen molar-refractivity contribution in [1.29, 1.82) is 0 Å². The maximum Gasteiger partial charge on any atom is 0.257 e. The summed E-state index contributed by atoms with van der Waals surface area (Å²) in [6.45, 7) is 8.86. The molecule has 0 saturated carbocycles. The fraction of sp³-hybridized carbons (Fsp3) is 0.364. The van der Waals surface area contributed by atoms with Crippen LogP contribution in [-0.2, 0) is 15.8 Å². The lowest BCUT2D eigenvalue weighted by atomic mass is 9.74. The lowest BCUT2D eigenvalue weighted by Crippen LogP contribution is -2.41. The molecule has 6 nitrogen and oxygen atoms in total. The molecule has 0 atom stereocenters. The SMILES string of the molecule is COc1ccc2c(c1NC(=S)NC(=O)c1ccc(N)cc1)C(C)(C)COC2(C)C. The molecule has 0 saturated heterocycles. The Bertz CT molecular complexity index is 953. The van der Waals surface area contributed by atoms with E-state index in [-0.39, 0.29) is 16.4 Å². The highest BCUT2D eigenvalue weighted by Gasteiger charge is 2.40. The van der Waals surface area contributed by atoms with Crippen molar-refractivity contribution >= 4 is 34.6 Å². The summed E-state index contributed by atoms with van der Waals surface area (Å²) in [6, 6.07) is 10.6. The molecule has 2 aromatic rings. The van der Waals surface area contributed by atoms with E-state index in [4.69, 9.17) is 27.4 Å². The first-order valence-corrected chi connectivity index (χ1v) is 9.80. The fourth-order valence-corrected chi connectivity index (χ4v) is 3.74. The number of hydrogen-bond donors (Lipinski definition) is 3. The number of carbonyl (C=O) groups excluding carboxylic acids is 1. The van der Waals surface area contributed by atoms with E-state index in [0.717, 1.165) is 16.8 Å². The van der Waals surface area contributed by atoms with Crippen molar-refractivity contribution in [3.05, 3.63) is 53.1 Å². The Hall–Kier alpha value is -2.64. The highest BCUT2D eigenvalue weighted by molar-refractivity contribution is 7.80. The van der Waals surface area contributed by atoms with Gasteiger partial charge in [0.05, 0.1) is 25.0 Å². The van der Waals surface area contributed by atoms with Gasteiger partial charge in [-0.15, -0.1) is 0 Å². The summed E-state index contributed by atoms with van der Waals surface area (Å²) in [5.74, 6) is 0.341. The summed E-state index contributed by atoms with van der Waals surface area (Å²) in [7, 11) is 1.61. The van der Waals surface area contributed by atoms with Crippen LogP contribution >= 0.6 is 12.2 Å². The molecular weight excluding hydrogens is 386 g/mol. The summed E-state index contributed by atoms with van der Waals surface area (Å²) in [6.07, 6.45) is 0. The van der Waals surface area contributed by atoms with Gasteiger partial charge in [-0.2, -0.15) is 0 Å². The van der Waals surface area contributed by atoms with Crippen molar-refractivity contribution in [2.24, 2.45) is 0 Å². The molecule has 7 heteroatoms. The van der Waals surface area contributed by atoms with Crippen molar-refractivity contribution < 1.29 is 14.3 Å². The topological polar surface area (TPSA) is 85.6 Å². The predicted octanol–water partition coefficient (Wildman–Crippen LogP) is 3.95. The Morgan fingerprint density at radius 2 is 1.79 bits per heavy atom. The van der Waals surface area contributed by atoms with Crippen LogP contribution in [0.1, 0.15) is 49.2 Å². The number of carbonyl (C=O) groups is 1. The van der Waals surface area contributed by atoms with Crippen molar-refractivity contribution in [2.45, 2.75) is 38.7 Å². The number of fused-ring (bicyclic) bond motifs is 1. The minimum Gasteiger partial charge on any atom is -0.495 e. The van der Waals surface area contributed by atoms with Gasteiger partial charge in [0.2, 0.25) is 0 Å². The predicted molar refractivity (Wildman–Crippen MR) is 120 cm³/mol. The first kappa shape index (κ1) is 21.1. The van der Waals surface area contributed by atoms with E-state index in [1.165, 1.54) is 0 Å². The zero-order valence-electron chi connectivity index (χ0n) is 17.4. The normalized spacial score (nSPS) is 16.4. The Labute approximate surface area is 176 Å². The van der Waals surface area contributed by atoms with Gasteiger partial charge in [-0.05, 0) is 67.5 Å². The second kappa shape index (κ2) is 7.65. The maximum absolute atomic E-state index is 12.5. The zero-order valence-corrected chi connectivity index (χ0v) is 18.2. The molecule has 0 unspecified atom stereocenters. The van der Waals surface area contributed by atoms with Crippen LogP contribution in [0.3, 0.4) is 0 Å². The third-order valence-corrected chi connectivity index (χ3v) is 5.35. The first-order valence-electron chi connectivity index (χ1n) is 9.39. The Morgan fingerprint density at radius 3 is 2.41 bits per heavy atom. The van der Waals surface area contributed by atoms with Gasteiger partial charge in [0, 0.05) is 16.7 Å². The number of nitrogen functional groups attached to an aromatic ring is 1. The summed E-state index contributed by atoms with van der Waals surface area (Å²) in [5.41, 5.74) is 8.91. The number of amides is 1. The molecule has 3 rings (SSSR count). The minimum absolute atomic E-state index is 0.193. The second-order valence-electron chi connectivity index (χ2n) is 8.28. The molecule has 0 radical (unpaired) electrons.